The van der Waals surface area contributed by atoms with Gasteiger partial charge in [0.05, 0.1) is 0 Å². The van der Waals surface area contributed by atoms with Crippen molar-refractivity contribution in [3.05, 3.63) is 11.6 Å². The summed E-state index contributed by atoms with van der Waals surface area (Å²) in [5, 5.41) is 0. The lowest BCUT2D eigenvalue weighted by Crippen LogP contribution is -2.50. The van der Waals surface area contributed by atoms with E-state index in [1.165, 1.54) is 25.3 Å². The molecule has 5 atom stereocenters. The van der Waals surface area contributed by atoms with Crippen molar-refractivity contribution in [2.75, 3.05) is 0 Å². The Bertz CT molecular complexity index is 633. The van der Waals surface area contributed by atoms with E-state index in [-0.39, 0.29) is 16.7 Å². The molecule has 4 rings (SSSR count). The smallest absolute Gasteiger partial charge is 0.214 e. The van der Waals surface area contributed by atoms with Crippen molar-refractivity contribution in [3.8, 4) is 0 Å². The highest BCUT2D eigenvalue weighted by Crippen LogP contribution is 2.64. The van der Waals surface area contributed by atoms with Crippen LogP contribution in [0.15, 0.2) is 11.6 Å². The molecule has 0 aromatic heterocycles. The van der Waals surface area contributed by atoms with Crippen molar-refractivity contribution in [3.63, 3.8) is 0 Å². The van der Waals surface area contributed by atoms with E-state index in [2.05, 4.69) is 19.6 Å². The predicted molar refractivity (Wildman–Crippen MR) is 96.6 cm³/mol. The van der Waals surface area contributed by atoms with Crippen LogP contribution < -0.4 is 5.73 Å². The summed E-state index contributed by atoms with van der Waals surface area (Å²) in [5.74, 6) is 2.55. The summed E-state index contributed by atoms with van der Waals surface area (Å²) in [7, 11) is 0. The average molecular weight is 345 g/mol. The van der Waals surface area contributed by atoms with Crippen molar-refractivity contribution in [2.24, 2.45) is 34.3 Å². The maximum Gasteiger partial charge on any atom is 0.214 e. The second-order valence-corrected chi connectivity index (χ2v) is 9.00. The van der Waals surface area contributed by atoms with E-state index in [4.69, 9.17) is 0 Å². The van der Waals surface area contributed by atoms with Crippen LogP contribution in [0, 0.1) is 28.6 Å². The number of allylic oxidation sites excluding steroid dienone is 1. The van der Waals surface area contributed by atoms with E-state index in [0.29, 0.717) is 29.3 Å². The minimum Gasteiger partial charge on any atom is -0.370 e. The molecule has 3 fully saturated rings. The van der Waals surface area contributed by atoms with Gasteiger partial charge in [0.1, 0.15) is 5.78 Å². The topological polar surface area (TPSA) is 77.2 Å². The third kappa shape index (κ3) is 2.98. The normalized spacial score (nSPS) is 42.4. The molecule has 0 bridgehead atoms. The van der Waals surface area contributed by atoms with Crippen molar-refractivity contribution in [1.29, 1.82) is 0 Å². The molecule has 1 amide bonds. The van der Waals surface area contributed by atoms with E-state index >= 15 is 0 Å². The Balaban J connectivity index is 0.000000415. The minimum absolute atomic E-state index is 0.0246. The number of amides is 1. The molecule has 0 radical (unpaired) electrons. The lowest BCUT2D eigenvalue weighted by molar-refractivity contribution is -0.132. The zero-order chi connectivity index (χ0) is 18.4. The minimum atomic E-state index is -0.333. The van der Waals surface area contributed by atoms with Crippen LogP contribution in [-0.4, -0.2) is 17.5 Å². The van der Waals surface area contributed by atoms with Crippen molar-refractivity contribution < 1.29 is 14.4 Å². The van der Waals surface area contributed by atoms with Gasteiger partial charge in [0.15, 0.2) is 5.78 Å². The van der Waals surface area contributed by atoms with E-state index in [1.54, 1.807) is 0 Å². The molecule has 3 saturated carbocycles. The van der Waals surface area contributed by atoms with Crippen molar-refractivity contribution in [1.82, 2.24) is 0 Å². The first-order valence-corrected chi connectivity index (χ1v) is 9.71. The van der Waals surface area contributed by atoms with Gasteiger partial charge in [0.2, 0.25) is 5.91 Å². The molecule has 4 aliphatic carbocycles. The van der Waals surface area contributed by atoms with Crippen LogP contribution in [0.3, 0.4) is 0 Å². The van der Waals surface area contributed by atoms with Gasteiger partial charge in [-0.3, -0.25) is 14.4 Å². The number of carbonyl (C=O) groups excluding carboxylic acids is 3. The number of rotatable bonds is 0. The van der Waals surface area contributed by atoms with Crippen LogP contribution in [0.4, 0.5) is 0 Å². The summed E-state index contributed by atoms with van der Waals surface area (Å²) < 4.78 is 0. The summed E-state index contributed by atoms with van der Waals surface area (Å²) >= 11 is 0. The number of primary amides is 1. The van der Waals surface area contributed by atoms with Crippen LogP contribution >= 0.6 is 0 Å². The quantitative estimate of drug-likeness (QED) is 0.729. The second-order valence-electron chi connectivity index (χ2n) is 9.00. The number of hydrogen-bond acceptors (Lipinski definition) is 3. The first kappa shape index (κ1) is 18.3. The highest BCUT2D eigenvalue weighted by molar-refractivity contribution is 5.91. The molecule has 2 N–H and O–H groups in total. The molecule has 4 heteroatoms. The molecule has 0 heterocycles. The number of fused-ring (bicyclic) bond motifs is 5. The maximum absolute atomic E-state index is 12.4. The van der Waals surface area contributed by atoms with Gasteiger partial charge in [-0.1, -0.05) is 19.4 Å². The first-order valence-electron chi connectivity index (χ1n) is 9.71. The lowest BCUT2D eigenvalue weighted by Gasteiger charge is -2.56. The van der Waals surface area contributed by atoms with Crippen LogP contribution in [-0.2, 0) is 14.4 Å². The van der Waals surface area contributed by atoms with E-state index in [0.717, 1.165) is 38.5 Å². The van der Waals surface area contributed by atoms with Gasteiger partial charge in [-0.05, 0) is 67.8 Å². The number of nitrogens with two attached hydrogens (primary N) is 1. The summed E-state index contributed by atoms with van der Waals surface area (Å²) in [5.41, 5.74) is 6.11. The standard InChI is InChI=1S/C19H26O2.C2H5NO/c1-18-9-7-13(20)11-12(18)3-4-14-15-5-6-17(21)19(15,2)10-8-16(14)18;1-2(3)4/h11,14-16H,3-10H2,1-2H3;1H3,(H2,3,4)/t14-,15-,16-,18-,19-;/m0./s1. The van der Waals surface area contributed by atoms with Gasteiger partial charge < -0.3 is 5.73 Å². The van der Waals surface area contributed by atoms with Crippen LogP contribution in [0.1, 0.15) is 72.1 Å². The number of Topliss-reactive ketones (excluding diaryl/α,β-unsaturated/α-hetero) is 1. The Hall–Kier alpha value is -1.45. The Morgan fingerprint density at radius 1 is 1.00 bits per heavy atom. The van der Waals surface area contributed by atoms with Gasteiger partial charge in [-0.25, -0.2) is 0 Å². The van der Waals surface area contributed by atoms with Gasteiger partial charge in [0.25, 0.3) is 0 Å². The van der Waals surface area contributed by atoms with E-state index < -0.39 is 0 Å². The number of carbonyl (C=O) groups is 3. The fourth-order valence-corrected chi connectivity index (χ4v) is 6.33. The molecular formula is C21H31NO3. The molecule has 0 spiro atoms. The molecule has 4 nitrogen and oxygen atoms in total. The third-order valence-electron chi connectivity index (χ3n) is 7.67. The SMILES string of the molecule is CC(N)=O.C[C@]12CCC(=O)C=C1CC[C@@H]1[C@@H]2CC[C@]2(C)C(=O)CC[C@@H]12. The fraction of sp³-hybridized carbons (Fsp3) is 0.762. The summed E-state index contributed by atoms with van der Waals surface area (Å²) in [6, 6.07) is 0. The molecule has 0 aromatic carbocycles. The zero-order valence-electron chi connectivity index (χ0n) is 15.8. The van der Waals surface area contributed by atoms with Gasteiger partial charge >= 0.3 is 0 Å². The van der Waals surface area contributed by atoms with Gasteiger partial charge in [-0.15, -0.1) is 0 Å². The average Bonchev–Trinajstić information content (AvgIpc) is 2.83. The molecular weight excluding hydrogens is 314 g/mol. The summed E-state index contributed by atoms with van der Waals surface area (Å²) in [6.45, 7) is 5.95. The largest absolute Gasteiger partial charge is 0.370 e. The maximum atomic E-state index is 12.4. The van der Waals surface area contributed by atoms with Gasteiger partial charge in [-0.2, -0.15) is 0 Å². The Morgan fingerprint density at radius 2 is 1.64 bits per heavy atom. The third-order valence-corrected chi connectivity index (χ3v) is 7.67. The Morgan fingerprint density at radius 3 is 2.32 bits per heavy atom. The second kappa shape index (κ2) is 6.37. The monoisotopic (exact) mass is 345 g/mol. The van der Waals surface area contributed by atoms with Crippen molar-refractivity contribution in [2.45, 2.75) is 72.1 Å². The molecule has 138 valence electrons. The van der Waals surface area contributed by atoms with Crippen LogP contribution in [0.5, 0.6) is 0 Å². The fourth-order valence-electron chi connectivity index (χ4n) is 6.33. The molecule has 0 saturated heterocycles. The molecule has 0 aliphatic heterocycles. The highest BCUT2D eigenvalue weighted by Gasteiger charge is 2.58. The molecule has 25 heavy (non-hydrogen) atoms. The van der Waals surface area contributed by atoms with Crippen LogP contribution in [0.25, 0.3) is 0 Å². The Labute approximate surface area is 150 Å². The first-order chi connectivity index (χ1) is 11.7. The Kier molecular flexibility index (Phi) is 4.67. The van der Waals surface area contributed by atoms with Crippen LogP contribution in [0.2, 0.25) is 0 Å². The molecule has 4 aliphatic rings. The molecule has 0 aromatic rings. The molecule has 0 unspecified atom stereocenters. The zero-order valence-corrected chi connectivity index (χ0v) is 15.8. The number of hydrogen-bond donors (Lipinski definition) is 1. The summed E-state index contributed by atoms with van der Waals surface area (Å²) in [4.78, 5) is 33.4. The number of ketones is 2. The predicted octanol–water partition coefficient (Wildman–Crippen LogP) is 3.58. The van der Waals surface area contributed by atoms with Crippen molar-refractivity contribution >= 4 is 17.5 Å². The highest BCUT2D eigenvalue weighted by atomic mass is 16.1. The van der Waals surface area contributed by atoms with E-state index in [9.17, 15) is 14.4 Å². The summed E-state index contributed by atoms with van der Waals surface area (Å²) in [6.07, 6.45) is 10.2. The lowest BCUT2D eigenvalue weighted by atomic mass is 9.47. The van der Waals surface area contributed by atoms with E-state index in [1.807, 2.05) is 6.08 Å². The van der Waals surface area contributed by atoms with Gasteiger partial charge in [0, 0.05) is 25.2 Å².